The number of aromatic nitrogens is 1. The minimum absolute atomic E-state index is 0. The smallest absolute Gasteiger partial charge is 0.251 e. The number of hydrogen-bond acceptors (Lipinski definition) is 7. The summed E-state index contributed by atoms with van der Waals surface area (Å²) in [5, 5.41) is 29.3. The predicted octanol–water partition coefficient (Wildman–Crippen LogP) is 9.07. The van der Waals surface area contributed by atoms with E-state index in [9.17, 15) is 24.6 Å². The Kier molecular flexibility index (Phi) is 11.0. The average Bonchev–Trinajstić information content (AvgIpc) is 3.08. The molecule has 7 rings (SSSR count). The summed E-state index contributed by atoms with van der Waals surface area (Å²) >= 11 is 6.35. The average molecular weight is 729 g/mol. The molecule has 4 N–H and O–H groups in total. The molecule has 2 bridgehead atoms. The summed E-state index contributed by atoms with van der Waals surface area (Å²) in [6, 6.07) is 12.9. The summed E-state index contributed by atoms with van der Waals surface area (Å²) in [6.07, 6.45) is 13.1. The summed E-state index contributed by atoms with van der Waals surface area (Å²) < 4.78 is 0. The summed E-state index contributed by atoms with van der Waals surface area (Å²) in [7, 11) is 0. The molecule has 0 aliphatic heterocycles. The minimum Gasteiger partial charge on any atom is -0.507 e. The van der Waals surface area contributed by atoms with Crippen LogP contribution in [0.5, 0.6) is 11.5 Å². The molecule has 51 heavy (non-hydrogen) atoms. The van der Waals surface area contributed by atoms with Crippen molar-refractivity contribution in [3.05, 3.63) is 104 Å². The SMILES string of the molecule is CC1=C[C@@H]2Cc3nc4cc(Cl)ccc4c(NCCCCCCCCCNC(=O)c4cc(O)c5c(c4)C(=O)c4cccc(O)c4C5=O)c3[C@H](C1)C2.Cl. The second-order valence-corrected chi connectivity index (χ2v) is 14.5. The molecule has 3 aliphatic carbocycles. The lowest BCUT2D eigenvalue weighted by Crippen LogP contribution is -2.26. The molecule has 3 aliphatic rings. The number of phenols is 2. The fourth-order valence-corrected chi connectivity index (χ4v) is 8.31. The van der Waals surface area contributed by atoms with Crippen LogP contribution in [0.3, 0.4) is 0 Å². The maximum Gasteiger partial charge on any atom is 0.251 e. The van der Waals surface area contributed by atoms with Gasteiger partial charge < -0.3 is 20.8 Å². The number of ketones is 2. The van der Waals surface area contributed by atoms with E-state index in [1.54, 1.807) is 0 Å². The Morgan fingerprint density at radius 1 is 0.863 bits per heavy atom. The number of carbonyl (C=O) groups is 3. The van der Waals surface area contributed by atoms with Gasteiger partial charge in [-0.15, -0.1) is 12.4 Å². The number of amides is 1. The number of nitrogens with zero attached hydrogens (tertiary/aromatic N) is 1. The zero-order valence-corrected chi connectivity index (χ0v) is 30.3. The highest BCUT2D eigenvalue weighted by Crippen LogP contribution is 2.47. The van der Waals surface area contributed by atoms with Gasteiger partial charge in [0.05, 0.1) is 16.6 Å². The van der Waals surface area contributed by atoms with Crippen molar-refractivity contribution in [2.75, 3.05) is 18.4 Å². The molecular weight excluding hydrogens is 685 g/mol. The van der Waals surface area contributed by atoms with E-state index in [0.717, 1.165) is 75.2 Å². The van der Waals surface area contributed by atoms with Crippen LogP contribution in [0.25, 0.3) is 10.9 Å². The molecule has 1 heterocycles. The molecule has 1 aromatic heterocycles. The fourth-order valence-electron chi connectivity index (χ4n) is 8.14. The van der Waals surface area contributed by atoms with Crippen molar-refractivity contribution in [2.45, 2.75) is 77.0 Å². The zero-order chi connectivity index (χ0) is 34.9. The molecule has 2 atom stereocenters. The van der Waals surface area contributed by atoms with Crippen LogP contribution in [-0.2, 0) is 6.42 Å². The Morgan fingerprint density at radius 2 is 1.59 bits per heavy atom. The van der Waals surface area contributed by atoms with E-state index >= 15 is 0 Å². The topological polar surface area (TPSA) is 129 Å². The van der Waals surface area contributed by atoms with Crippen molar-refractivity contribution in [3.63, 3.8) is 0 Å². The van der Waals surface area contributed by atoms with Gasteiger partial charge in [0.15, 0.2) is 5.78 Å². The van der Waals surface area contributed by atoms with Gasteiger partial charge in [0, 0.05) is 57.1 Å². The van der Waals surface area contributed by atoms with Gasteiger partial charge in [0.2, 0.25) is 5.78 Å². The van der Waals surface area contributed by atoms with Gasteiger partial charge in [-0.05, 0) is 87.3 Å². The van der Waals surface area contributed by atoms with Gasteiger partial charge in [-0.25, -0.2) is 0 Å². The Bertz CT molecular complexity index is 2060. The number of hydrogen-bond donors (Lipinski definition) is 4. The molecule has 8 nitrogen and oxygen atoms in total. The molecule has 1 amide bonds. The quantitative estimate of drug-likeness (QED) is 0.0746. The van der Waals surface area contributed by atoms with Crippen molar-refractivity contribution in [3.8, 4) is 11.5 Å². The van der Waals surface area contributed by atoms with E-state index in [1.165, 1.54) is 59.3 Å². The Morgan fingerprint density at radius 3 is 2.37 bits per heavy atom. The normalized spacial score (nSPS) is 17.2. The summed E-state index contributed by atoms with van der Waals surface area (Å²) in [5.41, 5.74) is 6.14. The molecular formula is C41H43Cl2N3O5. The van der Waals surface area contributed by atoms with Crippen LogP contribution in [0.1, 0.15) is 124 Å². The number of aromatic hydroxyl groups is 2. The largest absolute Gasteiger partial charge is 0.507 e. The third-order valence-electron chi connectivity index (χ3n) is 10.4. The molecule has 0 radical (unpaired) electrons. The first-order valence-electron chi connectivity index (χ1n) is 17.8. The van der Waals surface area contributed by atoms with E-state index in [4.69, 9.17) is 16.6 Å². The predicted molar refractivity (Wildman–Crippen MR) is 203 cm³/mol. The number of rotatable bonds is 12. The van der Waals surface area contributed by atoms with E-state index < -0.39 is 23.2 Å². The number of nitrogens with one attached hydrogen (secondary N) is 2. The lowest BCUT2D eigenvalue weighted by atomic mass is 9.71. The Hall–Kier alpha value is -4.40. The first kappa shape index (κ1) is 36.4. The Labute approximate surface area is 309 Å². The maximum atomic E-state index is 13.1. The number of allylic oxidation sites excluding steroid dienone is 2. The standard InChI is InChI=1S/C41H42ClN3O5.ClH/c1-23-16-24-18-25(17-23)35-32(19-24)45-31-22-27(42)12-13-28(31)38(35)43-14-7-5-3-2-4-6-8-15-44-41(50)26-20-30-37(34(47)21-26)40(49)36-29(39(30)48)10-9-11-33(36)46;/h9-13,16,20-22,24-25,46-47H,2-8,14-15,17-19H2,1H3,(H,43,45)(H,44,50);1H/t24-,25+;/m0./s1. The summed E-state index contributed by atoms with van der Waals surface area (Å²) in [6.45, 7) is 3.64. The number of unbranched alkanes of at least 4 members (excludes halogenated alkanes) is 6. The van der Waals surface area contributed by atoms with Gasteiger partial charge in [-0.2, -0.15) is 0 Å². The van der Waals surface area contributed by atoms with Gasteiger partial charge in [-0.3, -0.25) is 19.4 Å². The van der Waals surface area contributed by atoms with Crippen molar-refractivity contribution < 1.29 is 24.6 Å². The third kappa shape index (κ3) is 7.35. The zero-order valence-electron chi connectivity index (χ0n) is 28.7. The second-order valence-electron chi connectivity index (χ2n) is 14.1. The molecule has 10 heteroatoms. The first-order valence-corrected chi connectivity index (χ1v) is 18.2. The Balaban J connectivity index is 0.00000448. The number of fused-ring (bicyclic) bond motifs is 7. The number of carbonyl (C=O) groups excluding carboxylic acids is 3. The molecule has 0 fully saturated rings. The highest BCUT2D eigenvalue weighted by Gasteiger charge is 2.35. The van der Waals surface area contributed by atoms with Gasteiger partial charge in [0.25, 0.3) is 5.91 Å². The number of phenolic OH excluding ortho intramolecular Hbond substituents is 2. The van der Waals surface area contributed by atoms with Crippen LogP contribution < -0.4 is 10.6 Å². The van der Waals surface area contributed by atoms with Crippen LogP contribution >= 0.6 is 24.0 Å². The van der Waals surface area contributed by atoms with E-state index in [-0.39, 0.29) is 46.0 Å². The van der Waals surface area contributed by atoms with E-state index in [2.05, 4.69) is 29.7 Å². The van der Waals surface area contributed by atoms with E-state index in [0.29, 0.717) is 23.4 Å². The fraction of sp³-hybridized carbons (Fsp3) is 0.366. The minimum atomic E-state index is -0.644. The van der Waals surface area contributed by atoms with Crippen LogP contribution in [0.4, 0.5) is 5.69 Å². The summed E-state index contributed by atoms with van der Waals surface area (Å²) in [4.78, 5) is 44.0. The maximum absolute atomic E-state index is 13.1. The molecule has 4 aromatic rings. The van der Waals surface area contributed by atoms with Gasteiger partial charge in [0.1, 0.15) is 11.5 Å². The number of benzene rings is 3. The van der Waals surface area contributed by atoms with Crippen LogP contribution in [-0.4, -0.2) is 45.8 Å². The van der Waals surface area contributed by atoms with E-state index in [1.807, 2.05) is 12.1 Å². The van der Waals surface area contributed by atoms with Crippen molar-refractivity contribution in [1.82, 2.24) is 10.3 Å². The molecule has 0 unspecified atom stereocenters. The highest BCUT2D eigenvalue weighted by atomic mass is 35.5. The van der Waals surface area contributed by atoms with Crippen LogP contribution in [0.15, 0.2) is 60.2 Å². The first-order chi connectivity index (χ1) is 24.2. The van der Waals surface area contributed by atoms with Crippen molar-refractivity contribution >= 4 is 58.1 Å². The lowest BCUT2D eigenvalue weighted by Gasteiger charge is -2.36. The molecule has 266 valence electrons. The lowest BCUT2D eigenvalue weighted by molar-refractivity contribution is 0.0948. The van der Waals surface area contributed by atoms with Gasteiger partial charge in [-0.1, -0.05) is 67.5 Å². The summed E-state index contributed by atoms with van der Waals surface area (Å²) in [5.74, 6) is -1.26. The molecule has 0 saturated carbocycles. The number of anilines is 1. The van der Waals surface area contributed by atoms with Gasteiger partial charge >= 0.3 is 0 Å². The molecule has 3 aromatic carbocycles. The van der Waals surface area contributed by atoms with Crippen LogP contribution in [0, 0.1) is 5.92 Å². The highest BCUT2D eigenvalue weighted by molar-refractivity contribution is 6.31. The number of halogens is 2. The second kappa shape index (κ2) is 15.5. The third-order valence-corrected chi connectivity index (χ3v) is 10.6. The van der Waals surface area contributed by atoms with Crippen molar-refractivity contribution in [2.24, 2.45) is 5.92 Å². The van der Waals surface area contributed by atoms with Crippen molar-refractivity contribution in [1.29, 1.82) is 0 Å². The molecule has 0 saturated heterocycles. The molecule has 0 spiro atoms. The monoisotopic (exact) mass is 727 g/mol. The number of pyridine rings is 1. The van der Waals surface area contributed by atoms with Crippen LogP contribution in [0.2, 0.25) is 5.02 Å².